The number of pyridine rings is 1. The first-order valence-electron chi connectivity index (χ1n) is 6.55. The Bertz CT molecular complexity index is 436. The molecule has 5 heteroatoms. The number of carbonyl (C=O) groups excluding carboxylic acids is 1. The highest BCUT2D eigenvalue weighted by Crippen LogP contribution is 2.28. The van der Waals surface area contributed by atoms with E-state index in [4.69, 9.17) is 5.73 Å². The minimum atomic E-state index is 0.00917. The van der Waals surface area contributed by atoms with Crippen LogP contribution in [0.25, 0.3) is 0 Å². The molecule has 1 fully saturated rings. The molecule has 1 aliphatic rings. The third-order valence-electron chi connectivity index (χ3n) is 3.68. The van der Waals surface area contributed by atoms with Crippen LogP contribution in [0.3, 0.4) is 0 Å². The van der Waals surface area contributed by atoms with Crippen LogP contribution in [0.4, 0.5) is 0 Å². The second-order valence-corrected chi connectivity index (χ2v) is 6.72. The lowest BCUT2D eigenvalue weighted by Crippen LogP contribution is -2.54. The van der Waals surface area contributed by atoms with E-state index in [0.29, 0.717) is 5.75 Å². The summed E-state index contributed by atoms with van der Waals surface area (Å²) in [5.74, 6) is 0.678. The van der Waals surface area contributed by atoms with Gasteiger partial charge >= 0.3 is 0 Å². The van der Waals surface area contributed by atoms with Gasteiger partial charge in [0.25, 0.3) is 0 Å². The summed E-state index contributed by atoms with van der Waals surface area (Å²) in [5.41, 5.74) is 6.10. The monoisotopic (exact) mass is 279 g/mol. The van der Waals surface area contributed by atoms with Crippen molar-refractivity contribution in [2.24, 2.45) is 11.1 Å². The van der Waals surface area contributed by atoms with Gasteiger partial charge in [-0.3, -0.25) is 9.78 Å². The Balaban J connectivity index is 1.87. The molecule has 19 heavy (non-hydrogen) atoms. The Labute approximate surface area is 118 Å². The molecule has 1 aromatic heterocycles. The van der Waals surface area contributed by atoms with Crippen LogP contribution in [0.1, 0.15) is 20.3 Å². The van der Waals surface area contributed by atoms with E-state index in [1.165, 1.54) is 0 Å². The highest BCUT2D eigenvalue weighted by molar-refractivity contribution is 8.00. The van der Waals surface area contributed by atoms with Gasteiger partial charge in [0.05, 0.1) is 5.75 Å². The number of nitrogens with two attached hydrogens (primary N) is 1. The SMILES string of the molecule is CC1(C)CN(C(=O)CSc2ccncc2)CCC1N. The largest absolute Gasteiger partial charge is 0.341 e. The van der Waals surface area contributed by atoms with E-state index < -0.39 is 0 Å². The second kappa shape index (κ2) is 5.92. The van der Waals surface area contributed by atoms with E-state index in [1.54, 1.807) is 24.2 Å². The van der Waals surface area contributed by atoms with Crippen LogP contribution in [0, 0.1) is 5.41 Å². The molecule has 1 unspecified atom stereocenters. The highest BCUT2D eigenvalue weighted by atomic mass is 32.2. The number of piperidine rings is 1. The van der Waals surface area contributed by atoms with Gasteiger partial charge in [-0.15, -0.1) is 11.8 Å². The summed E-state index contributed by atoms with van der Waals surface area (Å²) in [6.07, 6.45) is 4.38. The lowest BCUT2D eigenvalue weighted by molar-refractivity contribution is -0.131. The minimum absolute atomic E-state index is 0.00917. The molecule has 1 aromatic rings. The summed E-state index contributed by atoms with van der Waals surface area (Å²) in [6.45, 7) is 5.80. The van der Waals surface area contributed by atoms with Crippen LogP contribution in [0.15, 0.2) is 29.4 Å². The van der Waals surface area contributed by atoms with Crippen molar-refractivity contribution in [1.29, 1.82) is 0 Å². The lowest BCUT2D eigenvalue weighted by atomic mass is 9.80. The van der Waals surface area contributed by atoms with Gasteiger partial charge in [-0.05, 0) is 24.0 Å². The molecule has 0 saturated carbocycles. The van der Waals surface area contributed by atoms with E-state index in [2.05, 4.69) is 18.8 Å². The van der Waals surface area contributed by atoms with Crippen molar-refractivity contribution in [3.63, 3.8) is 0 Å². The highest BCUT2D eigenvalue weighted by Gasteiger charge is 2.35. The first-order chi connectivity index (χ1) is 8.99. The number of nitrogens with zero attached hydrogens (tertiary/aromatic N) is 2. The van der Waals surface area contributed by atoms with Crippen LogP contribution in [0.5, 0.6) is 0 Å². The lowest BCUT2D eigenvalue weighted by Gasteiger charge is -2.42. The average molecular weight is 279 g/mol. The molecule has 0 aliphatic carbocycles. The van der Waals surface area contributed by atoms with Crippen LogP contribution < -0.4 is 5.73 Å². The molecule has 4 nitrogen and oxygen atoms in total. The third kappa shape index (κ3) is 3.70. The summed E-state index contributed by atoms with van der Waals surface area (Å²) >= 11 is 1.56. The molecule has 1 amide bonds. The van der Waals surface area contributed by atoms with Crippen molar-refractivity contribution >= 4 is 17.7 Å². The van der Waals surface area contributed by atoms with Crippen molar-refractivity contribution in [2.45, 2.75) is 31.2 Å². The first-order valence-corrected chi connectivity index (χ1v) is 7.54. The predicted octanol–water partition coefficient (Wildman–Crippen LogP) is 1.76. The van der Waals surface area contributed by atoms with Crippen LogP contribution in [0.2, 0.25) is 0 Å². The molecule has 0 aromatic carbocycles. The van der Waals surface area contributed by atoms with Gasteiger partial charge < -0.3 is 10.6 Å². The fourth-order valence-corrected chi connectivity index (χ4v) is 3.04. The molecule has 2 N–H and O–H groups in total. The van der Waals surface area contributed by atoms with E-state index in [0.717, 1.165) is 24.4 Å². The number of carbonyl (C=O) groups is 1. The van der Waals surface area contributed by atoms with E-state index in [1.807, 2.05) is 17.0 Å². The number of aromatic nitrogens is 1. The first kappa shape index (κ1) is 14.3. The molecule has 104 valence electrons. The number of hydrogen-bond donors (Lipinski definition) is 1. The summed E-state index contributed by atoms with van der Waals surface area (Å²) in [6, 6.07) is 4.03. The van der Waals surface area contributed by atoms with Crippen LogP contribution in [-0.4, -0.2) is 40.7 Å². The molecule has 2 rings (SSSR count). The summed E-state index contributed by atoms with van der Waals surface area (Å²) < 4.78 is 0. The van der Waals surface area contributed by atoms with Crippen LogP contribution in [-0.2, 0) is 4.79 Å². The smallest absolute Gasteiger partial charge is 0.232 e. The molecule has 0 spiro atoms. The van der Waals surface area contributed by atoms with Gasteiger partial charge in [-0.25, -0.2) is 0 Å². The van der Waals surface area contributed by atoms with Crippen LogP contribution >= 0.6 is 11.8 Å². The maximum atomic E-state index is 12.2. The van der Waals surface area contributed by atoms with Crippen molar-refractivity contribution < 1.29 is 4.79 Å². The van der Waals surface area contributed by atoms with Gasteiger partial charge in [-0.2, -0.15) is 0 Å². The number of hydrogen-bond acceptors (Lipinski definition) is 4. The normalized spacial score (nSPS) is 22.3. The summed E-state index contributed by atoms with van der Waals surface area (Å²) in [4.78, 5) is 19.2. The zero-order chi connectivity index (χ0) is 13.9. The Kier molecular flexibility index (Phi) is 4.47. The maximum absolute atomic E-state index is 12.2. The zero-order valence-electron chi connectivity index (χ0n) is 11.5. The predicted molar refractivity (Wildman–Crippen MR) is 77.9 cm³/mol. The molecular formula is C14H21N3OS. The molecule has 1 aliphatic heterocycles. The average Bonchev–Trinajstić information content (AvgIpc) is 2.40. The van der Waals surface area contributed by atoms with Crippen molar-refractivity contribution in [3.8, 4) is 0 Å². The third-order valence-corrected chi connectivity index (χ3v) is 4.67. The van der Waals surface area contributed by atoms with Crippen molar-refractivity contribution in [2.75, 3.05) is 18.8 Å². The Morgan fingerprint density at radius 3 is 2.84 bits per heavy atom. The van der Waals surface area contributed by atoms with Gasteiger partial charge in [0.15, 0.2) is 0 Å². The molecule has 0 bridgehead atoms. The number of thioether (sulfide) groups is 1. The van der Waals surface area contributed by atoms with Gasteiger partial charge in [0, 0.05) is 36.4 Å². The van der Waals surface area contributed by atoms with Crippen molar-refractivity contribution in [1.82, 2.24) is 9.88 Å². The van der Waals surface area contributed by atoms with Gasteiger partial charge in [0.2, 0.25) is 5.91 Å². The van der Waals surface area contributed by atoms with E-state index in [9.17, 15) is 4.79 Å². The number of amides is 1. The standard InChI is InChI=1S/C14H21N3OS/c1-14(2)10-17(8-5-12(14)15)13(18)9-19-11-3-6-16-7-4-11/h3-4,6-7,12H,5,8-10,15H2,1-2H3. The molecule has 0 radical (unpaired) electrons. The Hall–Kier alpha value is -1.07. The quantitative estimate of drug-likeness (QED) is 0.857. The number of likely N-dealkylation sites (tertiary alicyclic amines) is 1. The molecular weight excluding hydrogens is 258 g/mol. The molecule has 2 heterocycles. The van der Waals surface area contributed by atoms with E-state index >= 15 is 0 Å². The Morgan fingerprint density at radius 2 is 2.21 bits per heavy atom. The fourth-order valence-electron chi connectivity index (χ4n) is 2.26. The van der Waals surface area contributed by atoms with Crippen molar-refractivity contribution in [3.05, 3.63) is 24.5 Å². The zero-order valence-corrected chi connectivity index (χ0v) is 12.3. The summed E-state index contributed by atoms with van der Waals surface area (Å²) in [7, 11) is 0. The molecule has 1 saturated heterocycles. The Morgan fingerprint density at radius 1 is 1.53 bits per heavy atom. The topological polar surface area (TPSA) is 59.2 Å². The molecule has 1 atom stereocenters. The number of rotatable bonds is 3. The second-order valence-electron chi connectivity index (χ2n) is 5.67. The fraction of sp³-hybridized carbons (Fsp3) is 0.571. The minimum Gasteiger partial charge on any atom is -0.341 e. The van der Waals surface area contributed by atoms with E-state index in [-0.39, 0.29) is 17.4 Å². The van der Waals surface area contributed by atoms with Gasteiger partial charge in [-0.1, -0.05) is 13.8 Å². The maximum Gasteiger partial charge on any atom is 0.232 e. The van der Waals surface area contributed by atoms with Gasteiger partial charge in [0.1, 0.15) is 0 Å². The summed E-state index contributed by atoms with van der Waals surface area (Å²) in [5, 5.41) is 0.